The monoisotopic (exact) mass is 267 g/mol. The summed E-state index contributed by atoms with van der Waals surface area (Å²) in [7, 11) is 2.21. The van der Waals surface area contributed by atoms with Crippen molar-refractivity contribution in [2.45, 2.75) is 70.6 Å². The third-order valence-electron chi connectivity index (χ3n) is 4.79. The third kappa shape index (κ3) is 3.29. The highest BCUT2D eigenvalue weighted by Gasteiger charge is 2.36. The smallest absolute Gasteiger partial charge is 0.241 e. The molecule has 0 aromatic heterocycles. The summed E-state index contributed by atoms with van der Waals surface area (Å²) < 4.78 is 0. The molecule has 2 aliphatic rings. The molecular weight excluding hydrogens is 238 g/mol. The van der Waals surface area contributed by atoms with Crippen LogP contribution in [0, 0.1) is 0 Å². The molecule has 0 radical (unpaired) electrons. The highest BCUT2D eigenvalue weighted by atomic mass is 16.2. The first-order chi connectivity index (χ1) is 9.17. The van der Waals surface area contributed by atoms with Crippen LogP contribution in [0.25, 0.3) is 0 Å². The van der Waals surface area contributed by atoms with Crippen molar-refractivity contribution in [2.75, 3.05) is 20.1 Å². The molecule has 1 aliphatic carbocycles. The van der Waals surface area contributed by atoms with Gasteiger partial charge in [-0.15, -0.1) is 0 Å². The van der Waals surface area contributed by atoms with Gasteiger partial charge >= 0.3 is 0 Å². The Hall–Kier alpha value is -0.610. The van der Waals surface area contributed by atoms with E-state index in [1.165, 1.54) is 25.7 Å². The molecule has 19 heavy (non-hydrogen) atoms. The number of likely N-dealkylation sites (N-methyl/N-ethyl adjacent to an activating group) is 1. The van der Waals surface area contributed by atoms with Crippen LogP contribution in [0.2, 0.25) is 0 Å². The van der Waals surface area contributed by atoms with Gasteiger partial charge in [-0.2, -0.15) is 0 Å². The van der Waals surface area contributed by atoms with Gasteiger partial charge in [-0.1, -0.05) is 26.7 Å². The minimum atomic E-state index is 0.0433. The lowest BCUT2D eigenvalue weighted by Crippen LogP contribution is -2.43. The lowest BCUT2D eigenvalue weighted by Gasteiger charge is -2.29. The molecule has 1 aliphatic heterocycles. The Labute approximate surface area is 117 Å². The fourth-order valence-corrected chi connectivity index (χ4v) is 3.44. The summed E-state index contributed by atoms with van der Waals surface area (Å²) in [6.45, 7) is 6.10. The van der Waals surface area contributed by atoms with E-state index in [2.05, 4.69) is 36.0 Å². The number of nitrogens with zero attached hydrogens (tertiary/aromatic N) is 2. The van der Waals surface area contributed by atoms with E-state index >= 15 is 0 Å². The molecule has 1 heterocycles. The molecule has 1 N–H and O–H groups in total. The van der Waals surface area contributed by atoms with E-state index in [9.17, 15) is 4.79 Å². The first-order valence-electron chi connectivity index (χ1n) is 7.94. The summed E-state index contributed by atoms with van der Waals surface area (Å²) in [5, 5.41) is 3.44. The average Bonchev–Trinajstić information content (AvgIpc) is 3.04. The van der Waals surface area contributed by atoms with Crippen molar-refractivity contribution in [1.29, 1.82) is 0 Å². The van der Waals surface area contributed by atoms with Crippen LogP contribution in [0.3, 0.4) is 0 Å². The van der Waals surface area contributed by atoms with Crippen molar-refractivity contribution in [2.24, 2.45) is 0 Å². The van der Waals surface area contributed by atoms with E-state index in [1.807, 2.05) is 0 Å². The standard InChI is InChI=1S/C15H29N3O/c1-4-13-15(19)18(14(5-2)16-13)11-10-17(3)12-8-6-7-9-12/h12-14,16H,4-11H2,1-3H3. The Balaban J connectivity index is 1.84. The quantitative estimate of drug-likeness (QED) is 0.797. The van der Waals surface area contributed by atoms with E-state index in [0.29, 0.717) is 5.91 Å². The molecular formula is C15H29N3O. The molecule has 2 rings (SSSR count). The minimum absolute atomic E-state index is 0.0433. The number of carbonyl (C=O) groups excluding carboxylic acids is 1. The van der Waals surface area contributed by atoms with Gasteiger partial charge in [0, 0.05) is 19.1 Å². The van der Waals surface area contributed by atoms with E-state index in [4.69, 9.17) is 0 Å². The van der Waals surface area contributed by atoms with Crippen LogP contribution in [0.15, 0.2) is 0 Å². The second-order valence-corrected chi connectivity index (χ2v) is 6.00. The molecule has 2 unspecified atom stereocenters. The largest absolute Gasteiger partial charge is 0.325 e. The number of amides is 1. The van der Waals surface area contributed by atoms with E-state index in [0.717, 1.165) is 32.0 Å². The van der Waals surface area contributed by atoms with Crippen LogP contribution in [0.5, 0.6) is 0 Å². The summed E-state index contributed by atoms with van der Waals surface area (Å²) in [6, 6.07) is 0.787. The Morgan fingerprint density at radius 1 is 1.26 bits per heavy atom. The van der Waals surface area contributed by atoms with Crippen LogP contribution >= 0.6 is 0 Å². The van der Waals surface area contributed by atoms with Gasteiger partial charge in [-0.05, 0) is 32.7 Å². The third-order valence-corrected chi connectivity index (χ3v) is 4.79. The fourth-order valence-electron chi connectivity index (χ4n) is 3.44. The van der Waals surface area contributed by atoms with Crippen molar-refractivity contribution < 1.29 is 4.79 Å². The highest BCUT2D eigenvalue weighted by molar-refractivity contribution is 5.84. The lowest BCUT2D eigenvalue weighted by atomic mass is 10.2. The normalized spacial score (nSPS) is 28.8. The van der Waals surface area contributed by atoms with Crippen molar-refractivity contribution in [3.8, 4) is 0 Å². The van der Waals surface area contributed by atoms with Crippen LogP contribution in [-0.4, -0.2) is 54.1 Å². The summed E-state index contributed by atoms with van der Waals surface area (Å²) in [5.41, 5.74) is 0. The molecule has 1 saturated carbocycles. The predicted molar refractivity (Wildman–Crippen MR) is 77.9 cm³/mol. The zero-order chi connectivity index (χ0) is 13.8. The molecule has 0 aromatic carbocycles. The molecule has 2 atom stereocenters. The van der Waals surface area contributed by atoms with Gasteiger partial charge in [0.2, 0.25) is 5.91 Å². The Morgan fingerprint density at radius 2 is 1.95 bits per heavy atom. The van der Waals surface area contributed by atoms with Gasteiger partial charge < -0.3 is 9.80 Å². The van der Waals surface area contributed by atoms with E-state index < -0.39 is 0 Å². The van der Waals surface area contributed by atoms with Gasteiger partial charge in [0.1, 0.15) is 0 Å². The summed E-state index contributed by atoms with van der Waals surface area (Å²) in [4.78, 5) is 16.8. The zero-order valence-corrected chi connectivity index (χ0v) is 12.7. The van der Waals surface area contributed by atoms with E-state index in [1.54, 1.807) is 0 Å². The average molecular weight is 267 g/mol. The maximum atomic E-state index is 12.3. The second kappa shape index (κ2) is 6.71. The lowest BCUT2D eigenvalue weighted by molar-refractivity contribution is -0.130. The first-order valence-corrected chi connectivity index (χ1v) is 7.94. The van der Waals surface area contributed by atoms with Crippen LogP contribution in [0.1, 0.15) is 52.4 Å². The molecule has 1 amide bonds. The molecule has 0 spiro atoms. The van der Waals surface area contributed by atoms with Gasteiger partial charge in [-0.3, -0.25) is 10.1 Å². The molecule has 0 bridgehead atoms. The maximum absolute atomic E-state index is 12.3. The Morgan fingerprint density at radius 3 is 2.53 bits per heavy atom. The zero-order valence-electron chi connectivity index (χ0n) is 12.7. The second-order valence-electron chi connectivity index (χ2n) is 6.00. The Bertz CT molecular complexity index is 302. The molecule has 4 nitrogen and oxygen atoms in total. The van der Waals surface area contributed by atoms with Crippen molar-refractivity contribution >= 4 is 5.91 Å². The molecule has 1 saturated heterocycles. The molecule has 2 fully saturated rings. The number of hydrogen-bond acceptors (Lipinski definition) is 3. The summed E-state index contributed by atoms with van der Waals surface area (Å²) in [6.07, 6.45) is 7.53. The SMILES string of the molecule is CCC1NC(CC)N(CCN(C)C2CCCC2)C1=O. The number of carbonyl (C=O) groups is 1. The highest BCUT2D eigenvalue weighted by Crippen LogP contribution is 2.22. The van der Waals surface area contributed by atoms with Crippen molar-refractivity contribution in [3.63, 3.8) is 0 Å². The van der Waals surface area contributed by atoms with Crippen LogP contribution in [0.4, 0.5) is 0 Å². The molecule has 0 aromatic rings. The van der Waals surface area contributed by atoms with Crippen molar-refractivity contribution in [3.05, 3.63) is 0 Å². The van der Waals surface area contributed by atoms with E-state index in [-0.39, 0.29) is 12.2 Å². The van der Waals surface area contributed by atoms with Crippen LogP contribution < -0.4 is 5.32 Å². The minimum Gasteiger partial charge on any atom is -0.325 e. The van der Waals surface area contributed by atoms with Gasteiger partial charge in [0.25, 0.3) is 0 Å². The molecule has 110 valence electrons. The first kappa shape index (κ1) is 14.8. The van der Waals surface area contributed by atoms with Crippen molar-refractivity contribution in [1.82, 2.24) is 15.1 Å². The maximum Gasteiger partial charge on any atom is 0.241 e. The number of hydrogen-bond donors (Lipinski definition) is 1. The van der Waals surface area contributed by atoms with Crippen LogP contribution in [-0.2, 0) is 4.79 Å². The van der Waals surface area contributed by atoms with Gasteiger partial charge in [0.05, 0.1) is 12.2 Å². The topological polar surface area (TPSA) is 35.6 Å². The summed E-state index contributed by atoms with van der Waals surface area (Å²) >= 11 is 0. The predicted octanol–water partition coefficient (Wildman–Crippen LogP) is 1.81. The molecule has 4 heteroatoms. The Kier molecular flexibility index (Phi) is 5.22. The number of rotatable bonds is 6. The summed E-state index contributed by atoms with van der Waals surface area (Å²) in [5.74, 6) is 0.300. The van der Waals surface area contributed by atoms with Gasteiger partial charge in [-0.25, -0.2) is 0 Å². The van der Waals surface area contributed by atoms with Gasteiger partial charge in [0.15, 0.2) is 0 Å². The fraction of sp³-hybridized carbons (Fsp3) is 0.933. The number of nitrogens with one attached hydrogen (secondary N) is 1.